The molecule has 0 spiro atoms. The Bertz CT molecular complexity index is 1340. The summed E-state index contributed by atoms with van der Waals surface area (Å²) in [4.78, 5) is 24.0. The smallest absolute Gasteiger partial charge is 0.252 e. The maximum Gasteiger partial charge on any atom is 0.252 e. The summed E-state index contributed by atoms with van der Waals surface area (Å²) < 4.78 is 29.9. The lowest BCUT2D eigenvalue weighted by atomic mass is 10.1. The second-order valence-corrected chi connectivity index (χ2v) is 10.5. The maximum atomic E-state index is 13.0. The quantitative estimate of drug-likeness (QED) is 0.184. The van der Waals surface area contributed by atoms with Crippen molar-refractivity contribution in [3.63, 3.8) is 0 Å². The van der Waals surface area contributed by atoms with Gasteiger partial charge in [0, 0.05) is 38.3 Å². The number of rotatable bonds is 12. The van der Waals surface area contributed by atoms with Crippen molar-refractivity contribution in [2.24, 2.45) is 16.5 Å². The van der Waals surface area contributed by atoms with Gasteiger partial charge in [0.2, 0.25) is 5.90 Å². The predicted octanol–water partition coefficient (Wildman–Crippen LogP) is 5.72. The Hall–Kier alpha value is -3.93. The molecule has 1 aliphatic heterocycles. The number of aromatic nitrogens is 1. The highest BCUT2D eigenvalue weighted by atomic mass is 19.1. The highest BCUT2D eigenvalue weighted by molar-refractivity contribution is 5.99. The third-order valence-corrected chi connectivity index (χ3v) is 6.70. The van der Waals surface area contributed by atoms with Gasteiger partial charge in [-0.3, -0.25) is 4.79 Å². The van der Waals surface area contributed by atoms with Crippen LogP contribution in [0.2, 0.25) is 0 Å². The van der Waals surface area contributed by atoms with Crippen molar-refractivity contribution in [2.75, 3.05) is 38.2 Å². The average molecular weight is 656 g/mol. The molecule has 0 saturated heterocycles. The van der Waals surface area contributed by atoms with Gasteiger partial charge in [0.25, 0.3) is 5.91 Å². The Kier molecular flexibility index (Phi) is 19.7. The Morgan fingerprint density at radius 3 is 2.23 bits per heavy atom. The zero-order chi connectivity index (χ0) is 35.4. The molecule has 9 nitrogen and oxygen atoms in total. The molecule has 1 aromatic heterocycles. The van der Waals surface area contributed by atoms with Crippen LogP contribution in [0.1, 0.15) is 80.7 Å². The molecule has 3 aromatic rings. The molecule has 11 heteroatoms. The number of hydrogen-bond acceptors (Lipinski definition) is 8. The van der Waals surface area contributed by atoms with Crippen molar-refractivity contribution in [3.05, 3.63) is 94.2 Å². The van der Waals surface area contributed by atoms with Gasteiger partial charge in [-0.1, -0.05) is 65.8 Å². The second kappa shape index (κ2) is 22.6. The molecule has 47 heavy (non-hydrogen) atoms. The summed E-state index contributed by atoms with van der Waals surface area (Å²) in [6.07, 6.45) is 1.24. The largest absolute Gasteiger partial charge is 0.474 e. The van der Waals surface area contributed by atoms with Gasteiger partial charge in [0.05, 0.1) is 18.8 Å². The van der Waals surface area contributed by atoms with Crippen molar-refractivity contribution in [1.82, 2.24) is 15.6 Å². The Balaban J connectivity index is 0.000000717. The molecule has 4 rings (SSSR count). The maximum absolute atomic E-state index is 13.0. The molecular weight excluding hydrogens is 600 g/mol. The SMILES string of the molecule is CC.CC.CCCN(C)c1cc(C(=O)NC(N)C(N)CNCc2cccc(CC)c2)cc(C2=NCCO2)n1.Cc1cc(F)cc(F)c1. The lowest BCUT2D eigenvalue weighted by Crippen LogP contribution is -2.56. The predicted molar refractivity (Wildman–Crippen MR) is 190 cm³/mol. The molecule has 0 bridgehead atoms. The number of halogens is 2. The van der Waals surface area contributed by atoms with Gasteiger partial charge in [0.1, 0.15) is 29.8 Å². The highest BCUT2D eigenvalue weighted by Crippen LogP contribution is 2.17. The lowest BCUT2D eigenvalue weighted by Gasteiger charge is -2.23. The molecule has 2 aromatic carbocycles. The topological polar surface area (TPSA) is 131 Å². The number of benzene rings is 2. The zero-order valence-electron chi connectivity index (χ0n) is 29.4. The van der Waals surface area contributed by atoms with E-state index in [9.17, 15) is 13.6 Å². The molecule has 0 fully saturated rings. The summed E-state index contributed by atoms with van der Waals surface area (Å²) >= 11 is 0. The van der Waals surface area contributed by atoms with E-state index < -0.39 is 23.8 Å². The first-order valence-electron chi connectivity index (χ1n) is 16.5. The van der Waals surface area contributed by atoms with Crippen molar-refractivity contribution in [1.29, 1.82) is 0 Å². The molecule has 1 aliphatic rings. The molecular formula is C36H55F2N7O2. The summed E-state index contributed by atoms with van der Waals surface area (Å²) in [6, 6.07) is 14.8. The minimum absolute atomic E-state index is 0.313. The van der Waals surface area contributed by atoms with Gasteiger partial charge in [-0.15, -0.1) is 0 Å². The third-order valence-electron chi connectivity index (χ3n) is 6.70. The van der Waals surface area contributed by atoms with Gasteiger partial charge in [-0.2, -0.15) is 0 Å². The number of carbonyl (C=O) groups is 1. The van der Waals surface area contributed by atoms with Crippen LogP contribution in [0.3, 0.4) is 0 Å². The number of nitrogens with zero attached hydrogens (tertiary/aromatic N) is 3. The number of nitrogens with two attached hydrogens (primary N) is 2. The number of anilines is 1. The Morgan fingerprint density at radius 1 is 1.00 bits per heavy atom. The fraction of sp³-hybridized carbons (Fsp3) is 0.472. The van der Waals surface area contributed by atoms with Crippen molar-refractivity contribution in [3.8, 4) is 0 Å². The molecule has 2 atom stereocenters. The number of ether oxygens (including phenoxy) is 1. The van der Waals surface area contributed by atoms with Gasteiger partial charge in [0.15, 0.2) is 0 Å². The van der Waals surface area contributed by atoms with Gasteiger partial charge < -0.3 is 31.7 Å². The van der Waals surface area contributed by atoms with E-state index in [1.165, 1.54) is 23.3 Å². The third kappa shape index (κ3) is 14.6. The van der Waals surface area contributed by atoms with Crippen LogP contribution >= 0.6 is 0 Å². The van der Waals surface area contributed by atoms with Crippen LogP contribution in [0.25, 0.3) is 0 Å². The summed E-state index contributed by atoms with van der Waals surface area (Å²) in [5.41, 5.74) is 16.5. The Labute approximate surface area is 280 Å². The molecule has 1 amide bonds. The van der Waals surface area contributed by atoms with Crippen LogP contribution in [0.15, 0.2) is 59.6 Å². The van der Waals surface area contributed by atoms with Crippen LogP contribution in [0, 0.1) is 18.6 Å². The average Bonchev–Trinajstić information content (AvgIpc) is 3.62. The molecule has 260 valence electrons. The summed E-state index contributed by atoms with van der Waals surface area (Å²) in [6.45, 7) is 16.9. The fourth-order valence-electron chi connectivity index (χ4n) is 4.40. The van der Waals surface area contributed by atoms with Crippen molar-refractivity contribution < 1.29 is 18.3 Å². The molecule has 0 saturated carbocycles. The van der Waals surface area contributed by atoms with E-state index in [1.807, 2.05) is 39.6 Å². The highest BCUT2D eigenvalue weighted by Gasteiger charge is 2.21. The van der Waals surface area contributed by atoms with E-state index in [0.29, 0.717) is 54.8 Å². The van der Waals surface area contributed by atoms with Crippen LogP contribution in [-0.2, 0) is 17.7 Å². The molecule has 0 radical (unpaired) electrons. The van der Waals surface area contributed by atoms with Crippen LogP contribution < -0.4 is 27.0 Å². The molecule has 2 heterocycles. The minimum atomic E-state index is -0.713. The van der Waals surface area contributed by atoms with E-state index in [2.05, 4.69) is 58.7 Å². The van der Waals surface area contributed by atoms with E-state index in [0.717, 1.165) is 25.5 Å². The standard InChI is InChI=1S/C25H37N7O2.C7H6F2.2C2H6/c1-4-10-32(3)22-14-19(13-21(30-22)25-29-9-11-34-25)24(33)31-23(27)20(26)16-28-15-18-8-6-7-17(5-2)12-18;1-5-2-6(8)4-7(9)3-5;2*1-2/h6-8,12-14,20,23,28H,4-5,9-11,15-16,26-27H2,1-3H3,(H,31,33);2-4H,1H3;2*1-2H3. The minimum Gasteiger partial charge on any atom is -0.474 e. The molecule has 0 aliphatic carbocycles. The summed E-state index contributed by atoms with van der Waals surface area (Å²) in [5, 5.41) is 6.15. The molecule has 2 unspecified atom stereocenters. The first-order valence-corrected chi connectivity index (χ1v) is 16.5. The molecule has 6 N–H and O–H groups in total. The summed E-state index contributed by atoms with van der Waals surface area (Å²) in [7, 11) is 1.94. The first-order chi connectivity index (χ1) is 22.6. The van der Waals surface area contributed by atoms with Crippen LogP contribution in [0.4, 0.5) is 14.6 Å². The second-order valence-electron chi connectivity index (χ2n) is 10.5. The van der Waals surface area contributed by atoms with Gasteiger partial charge >= 0.3 is 0 Å². The van der Waals surface area contributed by atoms with E-state index >= 15 is 0 Å². The normalized spacial score (nSPS) is 12.8. The number of nitrogens with one attached hydrogen (secondary N) is 2. The number of pyridine rings is 1. The van der Waals surface area contributed by atoms with Crippen LogP contribution in [-0.4, -0.2) is 62.3 Å². The summed E-state index contributed by atoms with van der Waals surface area (Å²) in [5.74, 6) is -0.221. The van der Waals surface area contributed by atoms with Crippen LogP contribution in [0.5, 0.6) is 0 Å². The lowest BCUT2D eigenvalue weighted by molar-refractivity contribution is 0.0932. The van der Waals surface area contributed by atoms with E-state index in [4.69, 9.17) is 16.2 Å². The van der Waals surface area contributed by atoms with Crippen molar-refractivity contribution >= 4 is 17.6 Å². The first kappa shape index (κ1) is 41.1. The van der Waals surface area contributed by atoms with E-state index in [1.54, 1.807) is 19.1 Å². The number of aryl methyl sites for hydroxylation is 2. The monoisotopic (exact) mass is 655 g/mol. The number of hydrogen-bond donors (Lipinski definition) is 4. The number of carbonyl (C=O) groups excluding carboxylic acids is 1. The fourth-order valence-corrected chi connectivity index (χ4v) is 4.40. The Morgan fingerprint density at radius 2 is 1.66 bits per heavy atom. The number of amides is 1. The van der Waals surface area contributed by atoms with E-state index in [-0.39, 0.29) is 5.91 Å². The van der Waals surface area contributed by atoms with Crippen molar-refractivity contribution in [2.45, 2.75) is 80.1 Å². The van der Waals surface area contributed by atoms with Gasteiger partial charge in [-0.25, -0.2) is 18.8 Å². The number of aliphatic imine (C=N–C) groups is 1. The van der Waals surface area contributed by atoms with Gasteiger partial charge in [-0.05, 0) is 60.7 Å². The zero-order valence-corrected chi connectivity index (χ0v) is 29.4.